The minimum atomic E-state index is 0.606. The summed E-state index contributed by atoms with van der Waals surface area (Å²) in [4.78, 5) is 39.2. The van der Waals surface area contributed by atoms with Gasteiger partial charge in [0.2, 0.25) is 5.95 Å². The summed E-state index contributed by atoms with van der Waals surface area (Å²) in [6.07, 6.45) is 11.4. The summed E-state index contributed by atoms with van der Waals surface area (Å²) in [7, 11) is 0. The normalized spacial score (nSPS) is 11.7. The van der Waals surface area contributed by atoms with Crippen molar-refractivity contribution >= 4 is 142 Å². The maximum Gasteiger partial charge on any atom is 0.237 e. The fraction of sp³-hybridized carbons (Fsp3) is 0. The zero-order valence-electron chi connectivity index (χ0n) is 76.6. The molecule has 13 aromatic heterocycles. The van der Waals surface area contributed by atoms with Crippen LogP contribution in [-0.4, -0.2) is 67.3 Å². The van der Waals surface area contributed by atoms with E-state index in [4.69, 9.17) is 24.9 Å². The van der Waals surface area contributed by atoms with Gasteiger partial charge in [-0.2, -0.15) is 0 Å². The van der Waals surface area contributed by atoms with E-state index in [2.05, 4.69) is 437 Å². The van der Waals surface area contributed by atoms with Gasteiger partial charge in [-0.3, -0.25) is 24.1 Å². The van der Waals surface area contributed by atoms with Crippen molar-refractivity contribution in [2.24, 2.45) is 0 Å². The van der Waals surface area contributed by atoms with Gasteiger partial charge in [0.05, 0.1) is 95.4 Å². The molecular formula is C128H82N14. The van der Waals surface area contributed by atoms with Crippen molar-refractivity contribution in [2.45, 2.75) is 0 Å². The van der Waals surface area contributed by atoms with Crippen LogP contribution < -0.4 is 0 Å². The molecule has 664 valence electrons. The molecule has 0 aliphatic rings. The van der Waals surface area contributed by atoms with Gasteiger partial charge in [-0.05, 0) is 234 Å². The predicted octanol–water partition coefficient (Wildman–Crippen LogP) is 31.6. The van der Waals surface area contributed by atoms with Gasteiger partial charge in [-0.25, -0.2) is 24.9 Å². The number of pyridine rings is 6. The fourth-order valence-electron chi connectivity index (χ4n) is 21.2. The van der Waals surface area contributed by atoms with Gasteiger partial charge < -0.3 is 18.3 Å². The lowest BCUT2D eigenvalue weighted by Crippen LogP contribution is -2.04. The smallest absolute Gasteiger partial charge is 0.237 e. The second-order valence-electron chi connectivity index (χ2n) is 35.8. The number of hydrogen-bond donors (Lipinski definition) is 0. The lowest BCUT2D eigenvalue weighted by atomic mass is 10.0. The van der Waals surface area contributed by atoms with E-state index >= 15 is 0 Å². The molecule has 14 heteroatoms. The molecule has 0 radical (unpaired) electrons. The van der Waals surface area contributed by atoms with E-state index in [0.717, 1.165) is 150 Å². The number of para-hydroxylation sites is 10. The molecule has 0 N–H and O–H groups in total. The van der Waals surface area contributed by atoms with Crippen molar-refractivity contribution in [2.75, 3.05) is 0 Å². The first-order valence-corrected chi connectivity index (χ1v) is 47.7. The minimum absolute atomic E-state index is 0.606. The van der Waals surface area contributed by atoms with Gasteiger partial charge in [-0.15, -0.1) is 0 Å². The van der Waals surface area contributed by atoms with Crippen LogP contribution in [0.4, 0.5) is 0 Å². The lowest BCUT2D eigenvalue weighted by Gasteiger charge is -2.11. The van der Waals surface area contributed by atoms with E-state index in [1.807, 2.05) is 91.5 Å². The summed E-state index contributed by atoms with van der Waals surface area (Å²) in [5.41, 5.74) is 34.1. The van der Waals surface area contributed by atoms with E-state index in [1.165, 1.54) is 98.5 Å². The van der Waals surface area contributed by atoms with Gasteiger partial charge in [0.15, 0.2) is 0 Å². The van der Waals surface area contributed by atoms with Crippen LogP contribution in [0.25, 0.3) is 255 Å². The summed E-state index contributed by atoms with van der Waals surface area (Å²) < 4.78 is 13.7. The largest absolute Gasteiger partial charge is 0.309 e. The fourth-order valence-corrected chi connectivity index (χ4v) is 21.2. The average molecular weight is 1820 g/mol. The van der Waals surface area contributed by atoms with Crippen molar-refractivity contribution in [1.82, 2.24) is 67.3 Å². The SMILES string of the molecule is c1ccc(-c2nc(-n3c4ccccc4c4cc(-c5ccc6c(c5)c5ccccc5n6-c5ccccc5)cnc43)nc3ccccc23)cc1.c1ccc(-n2c3ccccc3c3cc(-c4ccc5c(c4)c4ccncc4n5-c4ccccc4)ccc32)cc1.c1ccc(-n2c3ccccc3c3cc(-c4cnc5c(c4)c4ccccc4n5-c4ccc(-c5cc(-c6ccccn6)nc(-c6ccccn6)c5)cc4)ccc32)cc1. The van der Waals surface area contributed by atoms with Gasteiger partial charge in [0, 0.05) is 146 Å². The lowest BCUT2D eigenvalue weighted by molar-refractivity contribution is 0.998. The van der Waals surface area contributed by atoms with Crippen LogP contribution in [0.1, 0.15) is 0 Å². The van der Waals surface area contributed by atoms with E-state index in [0.29, 0.717) is 5.95 Å². The van der Waals surface area contributed by atoms with Crippen LogP contribution in [0, 0.1) is 0 Å². The second-order valence-corrected chi connectivity index (χ2v) is 35.8. The Morgan fingerprint density at radius 1 is 0.155 bits per heavy atom. The maximum absolute atomic E-state index is 5.19. The highest BCUT2D eigenvalue weighted by atomic mass is 15.2. The van der Waals surface area contributed by atoms with Crippen LogP contribution >= 0.6 is 0 Å². The molecular weight excluding hydrogens is 1730 g/mol. The molecule has 0 saturated carbocycles. The summed E-state index contributed by atoms with van der Waals surface area (Å²) in [5.74, 6) is 0.606. The molecule has 0 bridgehead atoms. The molecule has 0 aliphatic carbocycles. The Morgan fingerprint density at radius 3 is 0.908 bits per heavy atom. The van der Waals surface area contributed by atoms with Gasteiger partial charge in [0.1, 0.15) is 11.3 Å². The molecule has 0 spiro atoms. The highest BCUT2D eigenvalue weighted by molar-refractivity contribution is 6.17. The monoisotopic (exact) mass is 1810 g/mol. The molecule has 0 fully saturated rings. The third-order valence-corrected chi connectivity index (χ3v) is 27.6. The third-order valence-electron chi connectivity index (χ3n) is 27.6. The first-order chi connectivity index (χ1) is 70.4. The number of rotatable bonds is 13. The topological polar surface area (TPSA) is 133 Å². The van der Waals surface area contributed by atoms with E-state index in [-0.39, 0.29) is 0 Å². The number of fused-ring (bicyclic) bond motifs is 19. The first-order valence-electron chi connectivity index (χ1n) is 47.7. The molecule has 0 saturated heterocycles. The molecule has 0 unspecified atom stereocenters. The van der Waals surface area contributed by atoms with Crippen molar-refractivity contribution in [3.8, 4) is 113 Å². The third kappa shape index (κ3) is 14.1. The molecule has 29 rings (SSSR count). The molecule has 142 heavy (non-hydrogen) atoms. The van der Waals surface area contributed by atoms with Crippen molar-refractivity contribution in [1.29, 1.82) is 0 Å². The van der Waals surface area contributed by atoms with E-state index in [9.17, 15) is 0 Å². The number of benzene rings is 16. The zero-order valence-corrected chi connectivity index (χ0v) is 76.6. The Morgan fingerprint density at radius 2 is 0.479 bits per heavy atom. The average Bonchev–Trinajstić information content (AvgIpc) is 1.58. The minimum Gasteiger partial charge on any atom is -0.309 e. The maximum atomic E-state index is 5.19. The number of nitrogens with zero attached hydrogens (tertiary/aromatic N) is 14. The van der Waals surface area contributed by atoms with Crippen molar-refractivity contribution < 1.29 is 0 Å². The molecule has 13 heterocycles. The molecule has 0 amide bonds. The molecule has 16 aromatic carbocycles. The molecule has 0 aliphatic heterocycles. The Kier molecular flexibility index (Phi) is 19.9. The van der Waals surface area contributed by atoms with Crippen LogP contribution in [0.15, 0.2) is 498 Å². The Bertz CT molecular complexity index is 9750. The standard InChI is InChI=1S/C50H32N6.C43H27N5.C35H23N3/c1-2-12-37(13-3-1)55-47-18-6-4-14-39(47)41-28-34(22-25-49(41)55)36-29-42-40-15-5-7-19-48(40)56(50(42)53-32-36)38-23-20-33(21-24-38)35-30-45(43-16-8-10-26-51-43)54-46(31-35)44-17-9-11-27-52-44;1-3-13-28(14-4-1)41-34-19-7-10-20-37(34)45-43(46-41)48-39-22-12-9-18-33(39)36-26-30(27-44-42(36)48)29-23-24-40-35(25-29)32-17-8-11-21-38(32)47(40)31-15-5-2-6-16-31;1-3-9-26(10-4-1)37-32-14-8-7-13-28(32)30-21-24(15-17-33(30)37)25-16-18-34-31(22-25)29-19-20-36-23-35(29)38(34)27-11-5-2-6-12-27/h1-32H;1-27H;1-23H. The van der Waals surface area contributed by atoms with Gasteiger partial charge in [-0.1, -0.05) is 261 Å². The van der Waals surface area contributed by atoms with Crippen LogP contribution in [0.2, 0.25) is 0 Å². The highest BCUT2D eigenvalue weighted by Crippen LogP contribution is 2.45. The Labute approximate surface area is 814 Å². The summed E-state index contributed by atoms with van der Waals surface area (Å²) >= 11 is 0. The summed E-state index contributed by atoms with van der Waals surface area (Å²) in [5, 5.41) is 15.3. The van der Waals surface area contributed by atoms with Gasteiger partial charge >= 0.3 is 0 Å². The summed E-state index contributed by atoms with van der Waals surface area (Å²) in [6.45, 7) is 0. The number of hydrogen-bond acceptors (Lipinski definition) is 8. The summed E-state index contributed by atoms with van der Waals surface area (Å²) in [6, 6.07) is 162. The van der Waals surface area contributed by atoms with Gasteiger partial charge in [0.25, 0.3) is 0 Å². The molecule has 0 atom stereocenters. The Hall–Kier alpha value is -19.4. The quantitative estimate of drug-likeness (QED) is 0.111. The van der Waals surface area contributed by atoms with Crippen molar-refractivity contribution in [3.05, 3.63) is 498 Å². The van der Waals surface area contributed by atoms with E-state index < -0.39 is 0 Å². The number of aromatic nitrogens is 14. The second kappa shape index (κ2) is 34.4. The first kappa shape index (κ1) is 82.1. The van der Waals surface area contributed by atoms with E-state index in [1.54, 1.807) is 12.4 Å². The van der Waals surface area contributed by atoms with Crippen LogP contribution in [0.3, 0.4) is 0 Å². The molecule has 29 aromatic rings. The van der Waals surface area contributed by atoms with Crippen molar-refractivity contribution in [3.63, 3.8) is 0 Å². The van der Waals surface area contributed by atoms with Crippen LogP contribution in [0.5, 0.6) is 0 Å². The zero-order chi connectivity index (χ0) is 93.7. The van der Waals surface area contributed by atoms with Crippen LogP contribution in [-0.2, 0) is 0 Å². The Balaban J connectivity index is 0.000000108. The predicted molar refractivity (Wildman–Crippen MR) is 583 cm³/mol. The molecule has 14 nitrogen and oxygen atoms in total. The highest BCUT2D eigenvalue weighted by Gasteiger charge is 2.25.